The molecule has 21 heavy (non-hydrogen) atoms. The van der Waals surface area contributed by atoms with Crippen molar-refractivity contribution in [2.24, 2.45) is 0 Å². The largest absolute Gasteiger partial charge is 0.364 e. The topological polar surface area (TPSA) is 21.7 Å². The van der Waals surface area contributed by atoms with Gasteiger partial charge < -0.3 is 14.4 Å². The van der Waals surface area contributed by atoms with Crippen LogP contribution >= 0.6 is 0 Å². The second kappa shape index (κ2) is 8.19. The molecule has 2 rings (SSSR count). The molecule has 0 aromatic heterocycles. The van der Waals surface area contributed by atoms with Crippen LogP contribution in [0.4, 0.5) is 0 Å². The van der Waals surface area contributed by atoms with E-state index in [1.54, 1.807) is 0 Å². The van der Waals surface area contributed by atoms with Crippen molar-refractivity contribution >= 4 is 0 Å². The summed E-state index contributed by atoms with van der Waals surface area (Å²) in [6, 6.07) is 10.2. The third-order valence-corrected chi connectivity index (χ3v) is 3.82. The monoisotopic (exact) mass is 287 g/mol. The van der Waals surface area contributed by atoms with Crippen molar-refractivity contribution in [3.63, 3.8) is 0 Å². The molecule has 1 aromatic carbocycles. The van der Waals surface area contributed by atoms with E-state index in [9.17, 15) is 0 Å². The second-order valence-electron chi connectivity index (χ2n) is 5.51. The first kappa shape index (κ1) is 16.0. The second-order valence-corrected chi connectivity index (χ2v) is 5.51. The zero-order chi connectivity index (χ0) is 15.0. The zero-order valence-electron chi connectivity index (χ0n) is 13.1. The minimum atomic E-state index is -0.267. The summed E-state index contributed by atoms with van der Waals surface area (Å²) >= 11 is 0. The minimum absolute atomic E-state index is 0.267. The molecule has 0 radical (unpaired) electrons. The van der Waals surface area contributed by atoms with E-state index in [-0.39, 0.29) is 5.60 Å². The molecule has 1 aliphatic rings. The molecule has 0 spiro atoms. The molecule has 3 nitrogen and oxygen atoms in total. The summed E-state index contributed by atoms with van der Waals surface area (Å²) < 4.78 is 11.5. The van der Waals surface area contributed by atoms with Gasteiger partial charge in [0.25, 0.3) is 0 Å². The van der Waals surface area contributed by atoms with Gasteiger partial charge in [-0.25, -0.2) is 0 Å². The summed E-state index contributed by atoms with van der Waals surface area (Å²) in [6.45, 7) is 5.90. The van der Waals surface area contributed by atoms with Crippen molar-refractivity contribution in [2.45, 2.75) is 32.0 Å². The molecule has 1 heterocycles. The Hall–Kier alpha value is -1.34. The Balaban J connectivity index is 1.81. The average Bonchev–Trinajstić information content (AvgIpc) is 2.51. The number of piperidine rings is 1. The van der Waals surface area contributed by atoms with Gasteiger partial charge in [0, 0.05) is 32.5 Å². The summed E-state index contributed by atoms with van der Waals surface area (Å²) in [5, 5.41) is 0. The summed E-state index contributed by atoms with van der Waals surface area (Å²) in [6.07, 6.45) is 1.95. The van der Waals surface area contributed by atoms with Gasteiger partial charge in [0.1, 0.15) is 12.2 Å². The van der Waals surface area contributed by atoms with Crippen molar-refractivity contribution in [3.05, 3.63) is 35.9 Å². The maximum Gasteiger partial charge on any atom is 0.131 e. The molecule has 3 heteroatoms. The van der Waals surface area contributed by atoms with Gasteiger partial charge in [0.05, 0.1) is 6.61 Å². The molecule has 0 atom stereocenters. The van der Waals surface area contributed by atoms with Crippen LogP contribution in [0.15, 0.2) is 30.3 Å². The van der Waals surface area contributed by atoms with Crippen LogP contribution in [0.2, 0.25) is 0 Å². The number of likely N-dealkylation sites (tertiary alicyclic amines) is 1. The number of hydrogen-bond acceptors (Lipinski definition) is 3. The molecule has 1 aromatic rings. The van der Waals surface area contributed by atoms with Crippen LogP contribution in [0, 0.1) is 11.8 Å². The standard InChI is InChI=1S/C18H25NO2/c1-3-21-18(11-13-19(2)14-12-18)10-7-15-20-16-17-8-5-4-6-9-17/h4-6,8-9H,3,11-16H2,1-2H3. The number of benzene rings is 1. The average molecular weight is 287 g/mol. The lowest BCUT2D eigenvalue weighted by Gasteiger charge is -2.36. The Kier molecular flexibility index (Phi) is 6.25. The van der Waals surface area contributed by atoms with Crippen LogP contribution in [0.1, 0.15) is 25.3 Å². The van der Waals surface area contributed by atoms with E-state index in [0.29, 0.717) is 19.8 Å². The first-order valence-corrected chi connectivity index (χ1v) is 7.68. The molecule has 1 aliphatic heterocycles. The van der Waals surface area contributed by atoms with Crippen molar-refractivity contribution in [1.82, 2.24) is 4.90 Å². The lowest BCUT2D eigenvalue weighted by atomic mass is 9.92. The lowest BCUT2D eigenvalue weighted by molar-refractivity contribution is -0.0332. The minimum Gasteiger partial charge on any atom is -0.364 e. The van der Waals surface area contributed by atoms with E-state index >= 15 is 0 Å². The highest BCUT2D eigenvalue weighted by atomic mass is 16.5. The molecule has 0 aliphatic carbocycles. The van der Waals surface area contributed by atoms with Crippen LogP contribution < -0.4 is 0 Å². The molecule has 1 fully saturated rings. The fraction of sp³-hybridized carbons (Fsp3) is 0.556. The molecule has 0 saturated carbocycles. The first-order valence-electron chi connectivity index (χ1n) is 7.68. The van der Waals surface area contributed by atoms with Crippen LogP contribution in [-0.4, -0.2) is 43.9 Å². The van der Waals surface area contributed by atoms with E-state index in [4.69, 9.17) is 9.47 Å². The molecule has 1 saturated heterocycles. The molecular formula is C18H25NO2. The van der Waals surface area contributed by atoms with E-state index < -0.39 is 0 Å². The fourth-order valence-corrected chi connectivity index (χ4v) is 2.55. The molecule has 0 N–H and O–H groups in total. The van der Waals surface area contributed by atoms with Crippen LogP contribution in [0.3, 0.4) is 0 Å². The predicted octanol–water partition coefficient (Wildman–Crippen LogP) is 2.71. The van der Waals surface area contributed by atoms with E-state index in [1.807, 2.05) is 25.1 Å². The molecule has 114 valence electrons. The third kappa shape index (κ3) is 5.17. The van der Waals surface area contributed by atoms with Gasteiger partial charge in [0.2, 0.25) is 0 Å². The number of hydrogen-bond donors (Lipinski definition) is 0. The highest BCUT2D eigenvalue weighted by molar-refractivity contribution is 5.17. The van der Waals surface area contributed by atoms with Gasteiger partial charge in [-0.2, -0.15) is 0 Å². The van der Waals surface area contributed by atoms with Crippen molar-refractivity contribution < 1.29 is 9.47 Å². The van der Waals surface area contributed by atoms with Gasteiger partial charge in [-0.15, -0.1) is 0 Å². The molecular weight excluding hydrogens is 262 g/mol. The Morgan fingerprint density at radius 2 is 1.90 bits per heavy atom. The van der Waals surface area contributed by atoms with Crippen molar-refractivity contribution in [3.8, 4) is 11.8 Å². The molecule has 0 unspecified atom stereocenters. The zero-order valence-corrected chi connectivity index (χ0v) is 13.1. The highest BCUT2D eigenvalue weighted by Gasteiger charge is 2.32. The summed E-state index contributed by atoms with van der Waals surface area (Å²) in [7, 11) is 2.15. The van der Waals surface area contributed by atoms with Gasteiger partial charge in [-0.1, -0.05) is 42.2 Å². The number of ether oxygens (including phenoxy) is 2. The quantitative estimate of drug-likeness (QED) is 0.614. The summed E-state index contributed by atoms with van der Waals surface area (Å²) in [5.41, 5.74) is 0.912. The molecule has 0 bridgehead atoms. The van der Waals surface area contributed by atoms with Gasteiger partial charge in [0.15, 0.2) is 0 Å². The Labute approximate surface area is 128 Å². The highest BCUT2D eigenvalue weighted by Crippen LogP contribution is 2.25. The predicted molar refractivity (Wildman–Crippen MR) is 85.0 cm³/mol. The molecule has 0 amide bonds. The Bertz CT molecular complexity index is 467. The lowest BCUT2D eigenvalue weighted by Crippen LogP contribution is -2.43. The first-order chi connectivity index (χ1) is 10.2. The van der Waals surface area contributed by atoms with Crippen LogP contribution in [0.25, 0.3) is 0 Å². The van der Waals surface area contributed by atoms with Crippen molar-refractivity contribution in [2.75, 3.05) is 33.4 Å². The van der Waals surface area contributed by atoms with Gasteiger partial charge in [-0.05, 0) is 19.5 Å². The maximum atomic E-state index is 5.93. The van der Waals surface area contributed by atoms with Crippen LogP contribution in [0.5, 0.6) is 0 Å². The Morgan fingerprint density at radius 1 is 1.19 bits per heavy atom. The van der Waals surface area contributed by atoms with Crippen LogP contribution in [-0.2, 0) is 16.1 Å². The van der Waals surface area contributed by atoms with E-state index in [1.165, 1.54) is 5.56 Å². The van der Waals surface area contributed by atoms with Crippen molar-refractivity contribution in [1.29, 1.82) is 0 Å². The number of nitrogens with zero attached hydrogens (tertiary/aromatic N) is 1. The third-order valence-electron chi connectivity index (χ3n) is 3.82. The SMILES string of the molecule is CCOC1(C#CCOCc2ccccc2)CCN(C)CC1. The maximum absolute atomic E-state index is 5.93. The summed E-state index contributed by atoms with van der Waals surface area (Å²) in [4.78, 5) is 2.32. The van der Waals surface area contributed by atoms with Gasteiger partial charge >= 0.3 is 0 Å². The smallest absolute Gasteiger partial charge is 0.131 e. The normalized spacial score (nSPS) is 18.0. The summed E-state index contributed by atoms with van der Waals surface area (Å²) in [5.74, 6) is 6.47. The fourth-order valence-electron chi connectivity index (χ4n) is 2.55. The van der Waals surface area contributed by atoms with E-state index in [2.05, 4.69) is 35.9 Å². The number of rotatable bonds is 5. The Morgan fingerprint density at radius 3 is 2.57 bits per heavy atom. The van der Waals surface area contributed by atoms with E-state index in [0.717, 1.165) is 25.9 Å². The van der Waals surface area contributed by atoms with Gasteiger partial charge in [-0.3, -0.25) is 0 Å².